The van der Waals surface area contributed by atoms with Crippen molar-refractivity contribution < 1.29 is 24.5 Å². The molecule has 1 amide bonds. The van der Waals surface area contributed by atoms with Gasteiger partial charge in [-0.2, -0.15) is 0 Å². The molecule has 0 aromatic rings. The molecule has 6 nitrogen and oxygen atoms in total. The Morgan fingerprint density at radius 2 is 0.547 bits per heavy atom. The van der Waals surface area contributed by atoms with E-state index in [2.05, 4.69) is 19.2 Å². The zero-order valence-electron chi connectivity index (χ0n) is 51.3. The summed E-state index contributed by atoms with van der Waals surface area (Å²) in [6, 6.07) is -0.536. The van der Waals surface area contributed by atoms with Gasteiger partial charge in [-0.1, -0.05) is 367 Å². The van der Waals surface area contributed by atoms with Crippen molar-refractivity contribution in [1.29, 1.82) is 0 Å². The Labute approximate surface area is 470 Å². The fraction of sp³-hybridized carbons (Fsp3) is 0.971. The lowest BCUT2D eigenvalue weighted by Gasteiger charge is -2.22. The minimum absolute atomic E-state index is 0.0250. The highest BCUT2D eigenvalue weighted by atomic mass is 16.5. The lowest BCUT2D eigenvalue weighted by molar-refractivity contribution is -0.143. The molecule has 2 unspecified atom stereocenters. The largest absolute Gasteiger partial charge is 0.466 e. The third kappa shape index (κ3) is 61.9. The van der Waals surface area contributed by atoms with Gasteiger partial charge in [0.1, 0.15) is 0 Å². The number of aliphatic hydroxyl groups excluding tert-OH is 2. The topological polar surface area (TPSA) is 95.9 Å². The Hall–Kier alpha value is -1.14. The molecule has 0 aromatic heterocycles. The normalized spacial score (nSPS) is 12.4. The molecule has 0 aliphatic carbocycles. The number of ether oxygens (including phenoxy) is 1. The molecule has 448 valence electrons. The quantitative estimate of drug-likeness (QED) is 0.0417. The van der Waals surface area contributed by atoms with Gasteiger partial charge < -0.3 is 20.3 Å². The van der Waals surface area contributed by atoms with Gasteiger partial charge in [-0.25, -0.2) is 0 Å². The summed E-state index contributed by atoms with van der Waals surface area (Å²) in [5.41, 5.74) is 0. The van der Waals surface area contributed by atoms with Crippen LogP contribution in [0.5, 0.6) is 0 Å². The monoisotopic (exact) mass is 1060 g/mol. The van der Waals surface area contributed by atoms with Crippen molar-refractivity contribution >= 4 is 11.9 Å². The molecule has 0 bridgehead atoms. The summed E-state index contributed by atoms with van der Waals surface area (Å²) < 4.78 is 5.51. The summed E-state index contributed by atoms with van der Waals surface area (Å²) in [5.74, 6) is -0.00484. The van der Waals surface area contributed by atoms with E-state index in [9.17, 15) is 19.8 Å². The van der Waals surface area contributed by atoms with Gasteiger partial charge in [0.2, 0.25) is 5.91 Å². The lowest BCUT2D eigenvalue weighted by atomic mass is 10.0. The van der Waals surface area contributed by atoms with E-state index < -0.39 is 12.1 Å². The highest BCUT2D eigenvalue weighted by Crippen LogP contribution is 2.19. The maximum absolute atomic E-state index is 12.5. The van der Waals surface area contributed by atoms with E-state index in [4.69, 9.17) is 4.74 Å². The van der Waals surface area contributed by atoms with Crippen LogP contribution in [-0.4, -0.2) is 47.4 Å². The van der Waals surface area contributed by atoms with Crippen LogP contribution in [0.3, 0.4) is 0 Å². The van der Waals surface area contributed by atoms with E-state index in [1.807, 2.05) is 0 Å². The number of unbranched alkanes of at least 4 members (excludes halogenated alkanes) is 55. The van der Waals surface area contributed by atoms with Crippen LogP contribution in [-0.2, 0) is 14.3 Å². The Bertz CT molecular complexity index is 1080. The molecule has 0 rings (SSSR count). The first-order valence-electron chi connectivity index (χ1n) is 34.8. The average molecular weight is 1060 g/mol. The Morgan fingerprint density at radius 1 is 0.320 bits per heavy atom. The van der Waals surface area contributed by atoms with E-state index in [0.717, 1.165) is 38.5 Å². The minimum atomic E-state index is -0.659. The van der Waals surface area contributed by atoms with Crippen LogP contribution >= 0.6 is 0 Å². The molecule has 0 saturated carbocycles. The van der Waals surface area contributed by atoms with Crippen molar-refractivity contribution in [2.24, 2.45) is 0 Å². The number of nitrogens with one attached hydrogen (secondary N) is 1. The van der Waals surface area contributed by atoms with Crippen LogP contribution in [0.1, 0.15) is 406 Å². The fourth-order valence-electron chi connectivity index (χ4n) is 11.4. The number of hydrogen-bond donors (Lipinski definition) is 3. The van der Waals surface area contributed by atoms with E-state index in [0.29, 0.717) is 25.9 Å². The van der Waals surface area contributed by atoms with Gasteiger partial charge in [0, 0.05) is 12.8 Å². The van der Waals surface area contributed by atoms with Gasteiger partial charge in [0.15, 0.2) is 0 Å². The maximum Gasteiger partial charge on any atom is 0.305 e. The molecule has 0 aliphatic rings. The molecule has 3 N–H and O–H groups in total. The maximum atomic E-state index is 12.5. The number of carbonyl (C=O) groups excluding carboxylic acids is 2. The highest BCUT2D eigenvalue weighted by molar-refractivity contribution is 5.76. The van der Waals surface area contributed by atoms with Crippen molar-refractivity contribution in [2.75, 3.05) is 13.2 Å². The van der Waals surface area contributed by atoms with Crippen LogP contribution in [0.4, 0.5) is 0 Å². The van der Waals surface area contributed by atoms with Crippen molar-refractivity contribution in [3.8, 4) is 0 Å². The third-order valence-corrected chi connectivity index (χ3v) is 16.7. The Kier molecular flexibility index (Phi) is 64.4. The molecular weight excluding hydrogens is 923 g/mol. The van der Waals surface area contributed by atoms with Gasteiger partial charge in [-0.15, -0.1) is 0 Å². The third-order valence-electron chi connectivity index (χ3n) is 16.7. The first kappa shape index (κ1) is 73.9. The SMILES string of the molecule is CCCCCCCCCCCCCCCCCCCCC(=O)OCCCCCCCCCCCCCCCCCCCCCCCCCCCCCCCC(=O)NC(CO)C(O)CCCCCCCCCCCCC. The smallest absolute Gasteiger partial charge is 0.305 e. The van der Waals surface area contributed by atoms with Gasteiger partial charge in [0.25, 0.3) is 0 Å². The number of hydrogen-bond acceptors (Lipinski definition) is 5. The van der Waals surface area contributed by atoms with Gasteiger partial charge >= 0.3 is 5.97 Å². The van der Waals surface area contributed by atoms with Gasteiger partial charge in [0.05, 0.1) is 25.4 Å². The zero-order chi connectivity index (χ0) is 54.3. The summed E-state index contributed by atoms with van der Waals surface area (Å²) in [4.78, 5) is 24.6. The molecule has 0 aromatic carbocycles. The molecular formula is C69H137NO5. The second kappa shape index (κ2) is 65.4. The second-order valence-electron chi connectivity index (χ2n) is 24.2. The zero-order valence-corrected chi connectivity index (χ0v) is 51.3. The van der Waals surface area contributed by atoms with E-state index in [1.54, 1.807) is 0 Å². The average Bonchev–Trinajstić information content (AvgIpc) is 3.41. The summed E-state index contributed by atoms with van der Waals surface area (Å²) >= 11 is 0. The fourth-order valence-corrected chi connectivity index (χ4v) is 11.4. The van der Waals surface area contributed by atoms with Crippen molar-refractivity contribution in [1.82, 2.24) is 5.32 Å². The van der Waals surface area contributed by atoms with Crippen molar-refractivity contribution in [3.05, 3.63) is 0 Å². The van der Waals surface area contributed by atoms with E-state index >= 15 is 0 Å². The highest BCUT2D eigenvalue weighted by Gasteiger charge is 2.20. The predicted molar refractivity (Wildman–Crippen MR) is 329 cm³/mol. The summed E-state index contributed by atoms with van der Waals surface area (Å²) in [6.07, 6.45) is 78.8. The van der Waals surface area contributed by atoms with Crippen molar-refractivity contribution in [3.63, 3.8) is 0 Å². The standard InChI is InChI=1S/C69H137NO5/c1-3-5-7-9-11-13-15-16-17-18-33-36-39-43-47-51-55-59-63-69(74)75-64-60-56-52-48-44-40-37-34-31-29-27-25-23-21-19-20-22-24-26-28-30-32-35-38-42-46-50-54-58-62-68(73)70-66(65-71)67(72)61-57-53-49-45-41-14-12-10-8-6-4-2/h66-67,71-72H,3-65H2,1-2H3,(H,70,73). The molecule has 0 saturated heterocycles. The number of esters is 1. The first-order valence-corrected chi connectivity index (χ1v) is 34.8. The van der Waals surface area contributed by atoms with Crippen LogP contribution in [0, 0.1) is 0 Å². The molecule has 0 spiro atoms. The van der Waals surface area contributed by atoms with Gasteiger partial charge in [-0.3, -0.25) is 9.59 Å². The molecule has 0 aliphatic heterocycles. The molecule has 0 fully saturated rings. The lowest BCUT2D eigenvalue weighted by Crippen LogP contribution is -2.45. The first-order chi connectivity index (χ1) is 37.0. The number of carbonyl (C=O) groups is 2. The molecule has 6 heteroatoms. The van der Waals surface area contributed by atoms with E-state index in [1.165, 1.54) is 334 Å². The van der Waals surface area contributed by atoms with Crippen LogP contribution in [0.15, 0.2) is 0 Å². The second-order valence-corrected chi connectivity index (χ2v) is 24.2. The number of aliphatic hydroxyl groups is 2. The Balaban J connectivity index is 3.28. The van der Waals surface area contributed by atoms with Crippen LogP contribution in [0.2, 0.25) is 0 Å². The molecule has 0 radical (unpaired) electrons. The predicted octanol–water partition coefficient (Wildman–Crippen LogP) is 22.2. The Morgan fingerprint density at radius 3 is 0.813 bits per heavy atom. The van der Waals surface area contributed by atoms with Crippen molar-refractivity contribution in [2.45, 2.75) is 418 Å². The van der Waals surface area contributed by atoms with Crippen LogP contribution < -0.4 is 5.32 Å². The summed E-state index contributed by atoms with van der Waals surface area (Å²) in [5, 5.41) is 23.2. The molecule has 2 atom stereocenters. The van der Waals surface area contributed by atoms with E-state index in [-0.39, 0.29) is 18.5 Å². The molecule has 0 heterocycles. The summed E-state index contributed by atoms with van der Waals surface area (Å²) in [6.45, 7) is 4.99. The van der Waals surface area contributed by atoms with Crippen LogP contribution in [0.25, 0.3) is 0 Å². The number of rotatable bonds is 66. The minimum Gasteiger partial charge on any atom is -0.466 e. The number of amides is 1. The van der Waals surface area contributed by atoms with Gasteiger partial charge in [-0.05, 0) is 25.7 Å². The molecule has 75 heavy (non-hydrogen) atoms. The summed E-state index contributed by atoms with van der Waals surface area (Å²) in [7, 11) is 0.